The molecule has 0 heterocycles. The molecule has 0 saturated heterocycles. The van der Waals surface area contributed by atoms with E-state index in [1.165, 1.54) is 77.6 Å². The molecule has 0 aromatic heterocycles. The SMILES string of the molecule is CCCCCCCCCCCCCCCCCC(=O)OCC(CSP(=O)(O)OC1[C@@H](OCc2ccccc2)[C@H](OCc2ccccc2)C(OCc2ccccc2)[C@H](OCc2ccccc2)[C@@H]1OCc1ccccc1)OC(C)=O. The molecule has 1 saturated carbocycles. The van der Waals surface area contributed by atoms with E-state index in [1.54, 1.807) is 0 Å². The lowest BCUT2D eigenvalue weighted by Crippen LogP contribution is -2.67. The van der Waals surface area contributed by atoms with E-state index in [-0.39, 0.29) is 51.8 Å². The van der Waals surface area contributed by atoms with Crippen LogP contribution in [0.2, 0.25) is 0 Å². The molecule has 0 bridgehead atoms. The first-order valence-corrected chi connectivity index (χ1v) is 31.6. The average molecular weight is 1110 g/mol. The van der Waals surface area contributed by atoms with Crippen molar-refractivity contribution in [3.05, 3.63) is 179 Å². The van der Waals surface area contributed by atoms with Crippen LogP contribution in [-0.2, 0) is 84.9 Å². The summed E-state index contributed by atoms with van der Waals surface area (Å²) in [7, 11) is 0. The van der Waals surface area contributed by atoms with E-state index in [4.69, 9.17) is 37.7 Å². The standard InChI is InChI=1S/C64H85O12PS/c1-3-4-5-6-7-8-9-10-11-12-13-14-15-16-32-43-58(66)69-49-57(75-51(2)65)50-78-77(67,68)76-64-62(73-47-55-39-28-20-29-40-55)60(71-45-53-35-24-18-25-36-53)59(70-44-52-33-22-17-23-34-52)61(72-46-54-37-26-19-27-38-54)63(64)74-48-56-41-30-21-31-42-56/h17-31,33-42,57,59-64H,3-16,32,43-50H2,1-2H3,(H,67,68)/t57?,59?,60-,61+,62-,63-,64?/m0/s1. The van der Waals surface area contributed by atoms with Crippen LogP contribution in [0.15, 0.2) is 152 Å². The number of benzene rings is 5. The van der Waals surface area contributed by atoms with Crippen LogP contribution < -0.4 is 0 Å². The molecule has 78 heavy (non-hydrogen) atoms. The van der Waals surface area contributed by atoms with Gasteiger partial charge < -0.3 is 38.1 Å². The van der Waals surface area contributed by atoms with Gasteiger partial charge in [0, 0.05) is 19.1 Å². The highest BCUT2D eigenvalue weighted by Crippen LogP contribution is 2.58. The lowest BCUT2D eigenvalue weighted by atomic mass is 9.83. The maximum absolute atomic E-state index is 14.8. The van der Waals surface area contributed by atoms with Crippen molar-refractivity contribution in [1.82, 2.24) is 0 Å². The van der Waals surface area contributed by atoms with Gasteiger partial charge >= 0.3 is 18.7 Å². The van der Waals surface area contributed by atoms with Crippen molar-refractivity contribution in [3.63, 3.8) is 0 Å². The second-order valence-electron chi connectivity index (χ2n) is 20.3. The molecule has 1 aliphatic carbocycles. The third-order valence-electron chi connectivity index (χ3n) is 13.8. The normalized spacial score (nSPS) is 19.4. The third-order valence-corrected chi connectivity index (χ3v) is 16.8. The first-order chi connectivity index (χ1) is 38.2. The minimum atomic E-state index is -4.73. The Balaban J connectivity index is 1.19. The van der Waals surface area contributed by atoms with Gasteiger partial charge in [0.15, 0.2) is 0 Å². The van der Waals surface area contributed by atoms with Crippen molar-refractivity contribution in [2.45, 2.75) is 192 Å². The Labute approximate surface area is 468 Å². The van der Waals surface area contributed by atoms with Gasteiger partial charge in [-0.05, 0) is 45.6 Å². The third kappa shape index (κ3) is 24.0. The molecule has 8 atom stereocenters. The molecule has 0 spiro atoms. The molecule has 1 aliphatic rings. The molecule has 12 nitrogen and oxygen atoms in total. The number of ether oxygens (including phenoxy) is 7. The molecule has 5 aromatic rings. The number of esters is 2. The van der Waals surface area contributed by atoms with Crippen LogP contribution in [0.4, 0.5) is 0 Å². The Hall–Kier alpha value is -4.66. The van der Waals surface area contributed by atoms with Gasteiger partial charge in [0.05, 0.1) is 33.0 Å². The van der Waals surface area contributed by atoms with Gasteiger partial charge in [0.1, 0.15) is 49.3 Å². The fourth-order valence-electron chi connectivity index (χ4n) is 9.63. The second kappa shape index (κ2) is 36.6. The van der Waals surface area contributed by atoms with Gasteiger partial charge in [-0.3, -0.25) is 14.1 Å². The van der Waals surface area contributed by atoms with Crippen molar-refractivity contribution < 1.29 is 56.7 Å². The highest BCUT2D eigenvalue weighted by molar-refractivity contribution is 8.54. The van der Waals surface area contributed by atoms with Gasteiger partial charge in [-0.1, -0.05) is 248 Å². The summed E-state index contributed by atoms with van der Waals surface area (Å²) in [4.78, 5) is 37.4. The molecule has 6 rings (SSSR count). The zero-order valence-electron chi connectivity index (χ0n) is 46.0. The lowest BCUT2D eigenvalue weighted by molar-refractivity contribution is -0.279. The molecule has 424 valence electrons. The Morgan fingerprint density at radius 1 is 0.462 bits per heavy atom. The maximum Gasteiger partial charge on any atom is 0.387 e. The van der Waals surface area contributed by atoms with Crippen molar-refractivity contribution >= 4 is 30.1 Å². The minimum Gasteiger partial charge on any atom is -0.462 e. The fourth-order valence-corrected chi connectivity index (χ4v) is 12.3. The van der Waals surface area contributed by atoms with Crippen molar-refractivity contribution in [2.24, 2.45) is 0 Å². The van der Waals surface area contributed by atoms with Crippen LogP contribution in [0.25, 0.3) is 0 Å². The van der Waals surface area contributed by atoms with Crippen molar-refractivity contribution in [2.75, 3.05) is 12.4 Å². The number of unbranched alkanes of at least 4 members (excludes halogenated alkanes) is 14. The number of carbonyl (C=O) groups excluding carboxylic acids is 2. The zero-order valence-corrected chi connectivity index (χ0v) is 47.7. The minimum absolute atomic E-state index is 0.0884. The van der Waals surface area contributed by atoms with Crippen LogP contribution in [0.1, 0.15) is 144 Å². The molecule has 0 radical (unpaired) electrons. The molecular formula is C64H85O12PS. The predicted octanol–water partition coefficient (Wildman–Crippen LogP) is 14.9. The molecule has 5 aromatic carbocycles. The molecule has 0 aliphatic heterocycles. The summed E-state index contributed by atoms with van der Waals surface area (Å²) < 4.78 is 67.2. The quantitative estimate of drug-likeness (QED) is 0.0227. The van der Waals surface area contributed by atoms with Crippen LogP contribution in [0.5, 0.6) is 0 Å². The van der Waals surface area contributed by atoms with Crippen LogP contribution >= 0.6 is 18.2 Å². The van der Waals surface area contributed by atoms with Crippen LogP contribution in [0.3, 0.4) is 0 Å². The van der Waals surface area contributed by atoms with E-state index in [2.05, 4.69) is 6.92 Å². The fraction of sp³-hybridized carbons (Fsp3) is 0.500. The molecule has 1 fully saturated rings. The smallest absolute Gasteiger partial charge is 0.387 e. The predicted molar refractivity (Wildman–Crippen MR) is 308 cm³/mol. The number of hydrogen-bond acceptors (Lipinski definition) is 12. The Kier molecular flexibility index (Phi) is 29.3. The summed E-state index contributed by atoms with van der Waals surface area (Å²) in [5, 5.41) is 0. The molecule has 14 heteroatoms. The van der Waals surface area contributed by atoms with Gasteiger partial charge in [0.25, 0.3) is 0 Å². The molecule has 1 N–H and O–H groups in total. The van der Waals surface area contributed by atoms with Crippen LogP contribution in [0, 0.1) is 0 Å². The van der Waals surface area contributed by atoms with E-state index in [1.807, 2.05) is 152 Å². The number of hydrogen-bond donors (Lipinski definition) is 1. The lowest BCUT2D eigenvalue weighted by Gasteiger charge is -2.49. The largest absolute Gasteiger partial charge is 0.462 e. The average Bonchev–Trinajstić information content (AvgIpc) is 3.52. The Morgan fingerprint density at radius 3 is 1.06 bits per heavy atom. The van der Waals surface area contributed by atoms with Gasteiger partial charge in [-0.25, -0.2) is 4.57 Å². The summed E-state index contributed by atoms with van der Waals surface area (Å²) in [5.74, 6) is -1.26. The Bertz CT molecular complexity index is 2300. The van der Waals surface area contributed by atoms with E-state index in [0.717, 1.165) is 47.1 Å². The summed E-state index contributed by atoms with van der Waals surface area (Å²) in [6.07, 6.45) is 11.2. The highest BCUT2D eigenvalue weighted by atomic mass is 32.7. The van der Waals surface area contributed by atoms with E-state index in [0.29, 0.717) is 17.8 Å². The van der Waals surface area contributed by atoms with E-state index in [9.17, 15) is 19.0 Å². The molecule has 4 unspecified atom stereocenters. The highest BCUT2D eigenvalue weighted by Gasteiger charge is 2.57. The first-order valence-electron chi connectivity index (χ1n) is 28.4. The summed E-state index contributed by atoms with van der Waals surface area (Å²) in [6.45, 7) is -0.877. The van der Waals surface area contributed by atoms with Crippen molar-refractivity contribution in [3.8, 4) is 0 Å². The van der Waals surface area contributed by atoms with Crippen molar-refractivity contribution in [1.29, 1.82) is 0 Å². The van der Waals surface area contributed by atoms with Gasteiger partial charge in [-0.2, -0.15) is 0 Å². The van der Waals surface area contributed by atoms with Crippen LogP contribution in [-0.4, -0.2) is 71.9 Å². The maximum atomic E-state index is 14.8. The molecular weight excluding hydrogens is 1020 g/mol. The van der Waals surface area contributed by atoms with E-state index >= 15 is 0 Å². The van der Waals surface area contributed by atoms with Gasteiger partial charge in [0.2, 0.25) is 0 Å². The first kappa shape index (κ1) is 62.5. The van der Waals surface area contributed by atoms with Gasteiger partial charge in [-0.15, -0.1) is 0 Å². The number of carbonyl (C=O) groups is 2. The summed E-state index contributed by atoms with van der Waals surface area (Å²) in [5.41, 5.74) is 4.39. The number of rotatable bonds is 39. The monoisotopic (exact) mass is 1110 g/mol. The summed E-state index contributed by atoms with van der Waals surface area (Å²) in [6, 6.07) is 48.5. The topological polar surface area (TPSA) is 145 Å². The Morgan fingerprint density at radius 2 is 0.756 bits per heavy atom. The van der Waals surface area contributed by atoms with E-state index < -0.39 is 61.5 Å². The summed E-state index contributed by atoms with van der Waals surface area (Å²) >= 11 is 0.574. The molecule has 0 amide bonds. The second-order valence-corrected chi connectivity index (χ2v) is 24.2. The zero-order chi connectivity index (χ0) is 54.9.